The van der Waals surface area contributed by atoms with Crippen LogP contribution in [0.5, 0.6) is 0 Å². The van der Waals surface area contributed by atoms with Crippen molar-refractivity contribution in [1.82, 2.24) is 15.6 Å². The van der Waals surface area contributed by atoms with Crippen LogP contribution in [-0.4, -0.2) is 47.7 Å². The number of hydrogen-bond donors (Lipinski definition) is 2. The summed E-state index contributed by atoms with van der Waals surface area (Å²) in [6.07, 6.45) is 3.29. The predicted octanol–water partition coefficient (Wildman–Crippen LogP) is 4.01. The highest BCUT2D eigenvalue weighted by Gasteiger charge is 2.43. The molecule has 0 saturated carbocycles. The fraction of sp³-hybridized carbons (Fsp3) is 0.412. The Morgan fingerprint density at radius 1 is 1.52 bits per heavy atom. The van der Waals surface area contributed by atoms with E-state index in [1.54, 1.807) is 7.11 Å². The van der Waals surface area contributed by atoms with Gasteiger partial charge in [-0.25, -0.2) is 0 Å². The summed E-state index contributed by atoms with van der Waals surface area (Å²) in [4.78, 5) is 28.5. The maximum Gasteiger partial charge on any atom is 0.294 e. The molecule has 1 saturated heterocycles. The van der Waals surface area contributed by atoms with E-state index < -0.39 is 10.5 Å². The van der Waals surface area contributed by atoms with Gasteiger partial charge in [-0.15, -0.1) is 11.3 Å². The maximum absolute atomic E-state index is 12.9. The number of rotatable bonds is 7. The van der Waals surface area contributed by atoms with Crippen LogP contribution < -0.4 is 10.6 Å². The normalized spacial score (nSPS) is 21.3. The lowest BCUT2D eigenvalue weighted by molar-refractivity contribution is -0.387. The van der Waals surface area contributed by atoms with E-state index in [-0.39, 0.29) is 32.6 Å². The number of nitrogens with zero attached hydrogens (tertiary/aromatic N) is 2. The Balaban J connectivity index is 1.90. The molecule has 2 aromatic rings. The molecule has 1 aliphatic rings. The molecule has 3 heterocycles. The van der Waals surface area contributed by atoms with Gasteiger partial charge in [0.1, 0.15) is 9.09 Å². The minimum atomic E-state index is -0.574. The number of hydrogen-bond acceptors (Lipinski definition) is 8. The van der Waals surface area contributed by atoms with Crippen LogP contribution in [0.2, 0.25) is 10.0 Å². The van der Waals surface area contributed by atoms with Gasteiger partial charge >= 0.3 is 0 Å². The van der Waals surface area contributed by atoms with E-state index in [0.29, 0.717) is 28.6 Å². The van der Waals surface area contributed by atoms with E-state index in [9.17, 15) is 14.9 Å². The molecule has 0 aromatic carbocycles. The average molecular weight is 477 g/mol. The Morgan fingerprint density at radius 2 is 2.21 bits per heavy atom. The smallest absolute Gasteiger partial charge is 0.294 e. The Hall–Kier alpha value is -1.43. The summed E-state index contributed by atoms with van der Waals surface area (Å²) in [5.41, 5.74) is -0.747. The van der Waals surface area contributed by atoms with Gasteiger partial charge in [0.15, 0.2) is 0 Å². The van der Waals surface area contributed by atoms with Crippen molar-refractivity contribution in [1.29, 1.82) is 0 Å². The van der Waals surface area contributed by atoms with Gasteiger partial charge in [0.05, 0.1) is 31.5 Å². The minimum Gasteiger partial charge on any atom is -0.378 e. The Labute approximate surface area is 185 Å². The minimum absolute atomic E-state index is 0.174. The molecule has 29 heavy (non-hydrogen) atoms. The number of nitrogens with one attached hydrogen (secondary N) is 2. The van der Waals surface area contributed by atoms with Gasteiger partial charge in [0.2, 0.25) is 0 Å². The van der Waals surface area contributed by atoms with Crippen LogP contribution in [0.4, 0.5) is 5.69 Å². The first-order valence-corrected chi connectivity index (χ1v) is 11.0. The van der Waals surface area contributed by atoms with Crippen molar-refractivity contribution in [3.05, 3.63) is 43.5 Å². The van der Waals surface area contributed by atoms with Crippen molar-refractivity contribution in [2.45, 2.75) is 34.1 Å². The number of carbonyl (C=O) groups is 1. The number of halogens is 2. The first-order valence-electron chi connectivity index (χ1n) is 8.62. The molecular weight excluding hydrogens is 459 g/mol. The van der Waals surface area contributed by atoms with Crippen molar-refractivity contribution in [2.75, 3.05) is 20.2 Å². The standard InChI is InChI=1S/C17H18Cl2N4O4S2/c1-3-17(8-21-7-13(17)27-2)22-15(24)12-4-11(23(25)26)16(28-12)29-14-9(18)5-20-6-10(14)19/h4-6,13,21H,3,7-8H2,1-2H3,(H,22,24)/t13-,17-/m0/s1. The second kappa shape index (κ2) is 9.15. The van der Waals surface area contributed by atoms with Gasteiger partial charge in [0.25, 0.3) is 11.6 Å². The second-order valence-corrected chi connectivity index (χ2v) is 9.54. The topological polar surface area (TPSA) is 106 Å². The number of thiophene rings is 1. The maximum atomic E-state index is 12.9. The van der Waals surface area contributed by atoms with Crippen LogP contribution in [0, 0.1) is 10.1 Å². The number of nitro groups is 1. The van der Waals surface area contributed by atoms with Gasteiger partial charge < -0.3 is 15.4 Å². The molecular formula is C17H18Cl2N4O4S2. The lowest BCUT2D eigenvalue weighted by atomic mass is 9.92. The molecule has 12 heteroatoms. The van der Waals surface area contributed by atoms with Gasteiger partial charge in [-0.2, -0.15) is 0 Å². The van der Waals surface area contributed by atoms with E-state index in [1.807, 2.05) is 6.92 Å². The summed E-state index contributed by atoms with van der Waals surface area (Å²) in [7, 11) is 1.60. The third-order valence-electron chi connectivity index (χ3n) is 4.77. The summed E-state index contributed by atoms with van der Waals surface area (Å²) in [5.74, 6) is -0.385. The number of carbonyl (C=O) groups excluding carboxylic acids is 1. The molecule has 0 spiro atoms. The van der Waals surface area contributed by atoms with E-state index >= 15 is 0 Å². The molecule has 156 valence electrons. The number of pyridine rings is 1. The summed E-state index contributed by atoms with van der Waals surface area (Å²) < 4.78 is 5.82. The highest BCUT2D eigenvalue weighted by Crippen LogP contribution is 2.45. The monoisotopic (exact) mass is 476 g/mol. The zero-order valence-electron chi connectivity index (χ0n) is 15.5. The quantitative estimate of drug-likeness (QED) is 0.459. The molecule has 1 fully saturated rings. The molecule has 2 atom stereocenters. The molecule has 0 radical (unpaired) electrons. The summed E-state index contributed by atoms with van der Waals surface area (Å²) in [5, 5.41) is 18.3. The predicted molar refractivity (Wildman–Crippen MR) is 114 cm³/mol. The van der Waals surface area contributed by atoms with Crippen LogP contribution in [-0.2, 0) is 4.74 Å². The van der Waals surface area contributed by atoms with Crippen molar-refractivity contribution < 1.29 is 14.5 Å². The number of methoxy groups -OCH3 is 1. The van der Waals surface area contributed by atoms with Crippen molar-refractivity contribution in [2.24, 2.45) is 0 Å². The van der Waals surface area contributed by atoms with Gasteiger partial charge in [0, 0.05) is 38.7 Å². The van der Waals surface area contributed by atoms with Crippen molar-refractivity contribution in [3.63, 3.8) is 0 Å². The molecule has 3 rings (SSSR count). The second-order valence-electron chi connectivity index (χ2n) is 6.39. The molecule has 1 amide bonds. The third-order valence-corrected chi connectivity index (χ3v) is 8.02. The number of aromatic nitrogens is 1. The average Bonchev–Trinajstić information content (AvgIpc) is 3.29. The van der Waals surface area contributed by atoms with Crippen LogP contribution >= 0.6 is 46.3 Å². The molecule has 2 aromatic heterocycles. The zero-order valence-corrected chi connectivity index (χ0v) is 18.7. The van der Waals surface area contributed by atoms with E-state index in [2.05, 4.69) is 15.6 Å². The Morgan fingerprint density at radius 3 is 2.79 bits per heavy atom. The van der Waals surface area contributed by atoms with Crippen LogP contribution in [0.1, 0.15) is 23.0 Å². The van der Waals surface area contributed by atoms with Gasteiger partial charge in [-0.3, -0.25) is 19.9 Å². The van der Waals surface area contributed by atoms with E-state index in [4.69, 9.17) is 27.9 Å². The Kier molecular flexibility index (Phi) is 7.02. The molecule has 0 unspecified atom stereocenters. The lowest BCUT2D eigenvalue weighted by Crippen LogP contribution is -2.56. The van der Waals surface area contributed by atoms with E-state index in [0.717, 1.165) is 23.1 Å². The SMILES string of the molecule is CC[C@]1(NC(=O)c2cc([N+](=O)[O-])c(Sc3c(Cl)cncc3Cl)s2)CNC[C@@H]1OC. The zero-order chi connectivity index (χ0) is 21.2. The summed E-state index contributed by atoms with van der Waals surface area (Å²) in [6, 6.07) is 1.28. The number of ether oxygens (including phenoxy) is 1. The molecule has 2 N–H and O–H groups in total. The summed E-state index contributed by atoms with van der Waals surface area (Å²) in [6.45, 7) is 3.14. The molecule has 8 nitrogen and oxygen atoms in total. The van der Waals surface area contributed by atoms with Crippen LogP contribution in [0.3, 0.4) is 0 Å². The third kappa shape index (κ3) is 4.52. The molecule has 0 aliphatic carbocycles. The van der Waals surface area contributed by atoms with Crippen molar-refractivity contribution >= 4 is 57.9 Å². The highest BCUT2D eigenvalue weighted by molar-refractivity contribution is 8.01. The van der Waals surface area contributed by atoms with Crippen molar-refractivity contribution in [3.8, 4) is 0 Å². The van der Waals surface area contributed by atoms with Gasteiger partial charge in [-0.1, -0.05) is 41.9 Å². The highest BCUT2D eigenvalue weighted by atomic mass is 35.5. The van der Waals surface area contributed by atoms with Crippen LogP contribution in [0.25, 0.3) is 0 Å². The molecule has 1 aliphatic heterocycles. The fourth-order valence-corrected chi connectivity index (χ4v) is 5.92. The first kappa shape index (κ1) is 22.3. The molecule has 0 bridgehead atoms. The van der Waals surface area contributed by atoms with Crippen LogP contribution in [0.15, 0.2) is 27.6 Å². The summed E-state index contributed by atoms with van der Waals surface area (Å²) >= 11 is 14.3. The Bertz CT molecular complexity index is 922. The first-order chi connectivity index (χ1) is 13.8. The lowest BCUT2D eigenvalue weighted by Gasteiger charge is -2.33. The fourth-order valence-electron chi connectivity index (χ4n) is 3.16. The largest absolute Gasteiger partial charge is 0.378 e. The van der Waals surface area contributed by atoms with Gasteiger partial charge in [-0.05, 0) is 6.42 Å². The van der Waals surface area contributed by atoms with E-state index in [1.165, 1.54) is 18.5 Å². The number of amides is 1.